The molecule has 1 aromatic rings. The number of amides is 1. The minimum Gasteiger partial charge on any atom is -0.350 e. The van der Waals surface area contributed by atoms with Crippen molar-refractivity contribution in [2.45, 2.75) is 66.2 Å². The Morgan fingerprint density at radius 2 is 1.59 bits per heavy atom. The van der Waals surface area contributed by atoms with Crippen LogP contribution in [0.3, 0.4) is 0 Å². The van der Waals surface area contributed by atoms with Crippen LogP contribution in [0.2, 0.25) is 0 Å². The van der Waals surface area contributed by atoms with Crippen molar-refractivity contribution in [1.29, 1.82) is 0 Å². The topological polar surface area (TPSA) is 29.1 Å². The summed E-state index contributed by atoms with van der Waals surface area (Å²) < 4.78 is 0. The molecule has 0 heterocycles. The standard InChI is InChI=1S/C19H31NOS/c1-14-8-15(2)10-16(9-14)11-22-12-17(21)20-19(6,7)13-18(3,4)5/h8-10H,11-13H2,1-7H3,(H,20,21). The summed E-state index contributed by atoms with van der Waals surface area (Å²) in [5.41, 5.74) is 3.92. The smallest absolute Gasteiger partial charge is 0.230 e. The van der Waals surface area contributed by atoms with Crippen LogP contribution in [-0.2, 0) is 10.5 Å². The Morgan fingerprint density at radius 1 is 1.05 bits per heavy atom. The van der Waals surface area contributed by atoms with Crippen LogP contribution in [0.15, 0.2) is 18.2 Å². The fourth-order valence-corrected chi connectivity index (χ4v) is 3.96. The average molecular weight is 322 g/mol. The maximum absolute atomic E-state index is 12.1. The van der Waals surface area contributed by atoms with Gasteiger partial charge in [-0.2, -0.15) is 0 Å². The van der Waals surface area contributed by atoms with Crippen molar-refractivity contribution < 1.29 is 4.79 Å². The molecular formula is C19H31NOS. The van der Waals surface area contributed by atoms with E-state index in [1.54, 1.807) is 11.8 Å². The van der Waals surface area contributed by atoms with E-state index >= 15 is 0 Å². The Hall–Kier alpha value is -0.960. The van der Waals surface area contributed by atoms with Crippen LogP contribution in [0, 0.1) is 19.3 Å². The van der Waals surface area contributed by atoms with Crippen LogP contribution < -0.4 is 5.32 Å². The summed E-state index contributed by atoms with van der Waals surface area (Å²) in [6.45, 7) is 15.0. The van der Waals surface area contributed by atoms with Crippen molar-refractivity contribution >= 4 is 17.7 Å². The summed E-state index contributed by atoms with van der Waals surface area (Å²) in [5.74, 6) is 1.53. The highest BCUT2D eigenvalue weighted by Crippen LogP contribution is 2.27. The second-order valence-corrected chi connectivity index (χ2v) is 9.14. The minimum atomic E-state index is -0.157. The number of aryl methyl sites for hydroxylation is 2. The zero-order chi connectivity index (χ0) is 17.0. The first kappa shape index (κ1) is 19.1. The molecule has 0 saturated carbocycles. The quantitative estimate of drug-likeness (QED) is 0.810. The third kappa shape index (κ3) is 7.88. The second kappa shape index (κ2) is 7.54. The normalized spacial score (nSPS) is 12.3. The number of rotatable bonds is 6. The van der Waals surface area contributed by atoms with E-state index in [9.17, 15) is 4.79 Å². The summed E-state index contributed by atoms with van der Waals surface area (Å²) in [5, 5.41) is 3.16. The molecule has 0 bridgehead atoms. The van der Waals surface area contributed by atoms with Crippen LogP contribution in [-0.4, -0.2) is 17.2 Å². The molecule has 0 saturated heterocycles. The molecule has 1 aromatic carbocycles. The van der Waals surface area contributed by atoms with Gasteiger partial charge in [-0.3, -0.25) is 4.79 Å². The zero-order valence-electron chi connectivity index (χ0n) is 15.2. The van der Waals surface area contributed by atoms with E-state index in [1.807, 2.05) is 0 Å². The van der Waals surface area contributed by atoms with E-state index in [1.165, 1.54) is 16.7 Å². The molecule has 1 rings (SSSR count). The molecule has 0 radical (unpaired) electrons. The Bertz CT molecular complexity index is 494. The van der Waals surface area contributed by atoms with Gasteiger partial charge in [0.2, 0.25) is 5.91 Å². The molecule has 0 aromatic heterocycles. The van der Waals surface area contributed by atoms with Gasteiger partial charge in [-0.25, -0.2) is 0 Å². The molecule has 0 aliphatic heterocycles. The SMILES string of the molecule is Cc1cc(C)cc(CSCC(=O)NC(C)(C)CC(C)(C)C)c1. The lowest BCUT2D eigenvalue weighted by Gasteiger charge is -2.33. The van der Waals surface area contributed by atoms with Gasteiger partial charge in [0.1, 0.15) is 0 Å². The van der Waals surface area contributed by atoms with Crippen LogP contribution in [0.1, 0.15) is 57.7 Å². The first-order chi connectivity index (χ1) is 9.97. The number of carbonyl (C=O) groups is 1. The Labute approximate surface area is 140 Å². The van der Waals surface area contributed by atoms with Crippen LogP contribution in [0.25, 0.3) is 0 Å². The van der Waals surface area contributed by atoms with Crippen molar-refractivity contribution in [1.82, 2.24) is 5.32 Å². The number of hydrogen-bond donors (Lipinski definition) is 1. The van der Waals surface area contributed by atoms with Gasteiger partial charge in [0, 0.05) is 11.3 Å². The maximum Gasteiger partial charge on any atom is 0.230 e. The lowest BCUT2D eigenvalue weighted by atomic mass is 9.82. The number of thioether (sulfide) groups is 1. The molecular weight excluding hydrogens is 290 g/mol. The molecule has 0 fully saturated rings. The van der Waals surface area contributed by atoms with E-state index in [-0.39, 0.29) is 16.9 Å². The monoisotopic (exact) mass is 321 g/mol. The molecule has 124 valence electrons. The molecule has 22 heavy (non-hydrogen) atoms. The van der Waals surface area contributed by atoms with E-state index < -0.39 is 0 Å². The Balaban J connectivity index is 2.43. The van der Waals surface area contributed by atoms with Gasteiger partial charge >= 0.3 is 0 Å². The van der Waals surface area contributed by atoms with Gasteiger partial charge in [-0.15, -0.1) is 11.8 Å². The van der Waals surface area contributed by atoms with Crippen LogP contribution in [0.4, 0.5) is 0 Å². The fraction of sp³-hybridized carbons (Fsp3) is 0.632. The van der Waals surface area contributed by atoms with Crippen molar-refractivity contribution in [2.24, 2.45) is 5.41 Å². The van der Waals surface area contributed by atoms with E-state index in [0.29, 0.717) is 5.75 Å². The first-order valence-electron chi connectivity index (χ1n) is 7.93. The van der Waals surface area contributed by atoms with Gasteiger partial charge in [-0.1, -0.05) is 50.1 Å². The molecule has 1 amide bonds. The fourth-order valence-electron chi connectivity index (χ4n) is 3.20. The molecule has 0 atom stereocenters. The zero-order valence-corrected chi connectivity index (χ0v) is 16.0. The number of benzene rings is 1. The molecule has 0 unspecified atom stereocenters. The molecule has 2 nitrogen and oxygen atoms in total. The molecule has 0 aliphatic rings. The van der Waals surface area contributed by atoms with E-state index in [4.69, 9.17) is 0 Å². The average Bonchev–Trinajstić information content (AvgIpc) is 2.22. The summed E-state index contributed by atoms with van der Waals surface area (Å²) in [6.07, 6.45) is 0.966. The Morgan fingerprint density at radius 3 is 2.09 bits per heavy atom. The molecule has 0 aliphatic carbocycles. The third-order valence-electron chi connectivity index (χ3n) is 3.23. The van der Waals surface area contributed by atoms with Gasteiger partial charge in [0.05, 0.1) is 5.75 Å². The summed E-state index contributed by atoms with van der Waals surface area (Å²) in [7, 11) is 0. The number of hydrogen-bond acceptors (Lipinski definition) is 2. The van der Waals surface area contributed by atoms with Crippen LogP contribution >= 0.6 is 11.8 Å². The first-order valence-corrected chi connectivity index (χ1v) is 9.08. The predicted octanol–water partition coefficient (Wildman–Crippen LogP) is 4.87. The summed E-state index contributed by atoms with van der Waals surface area (Å²) >= 11 is 1.68. The van der Waals surface area contributed by atoms with Crippen molar-refractivity contribution in [3.8, 4) is 0 Å². The highest BCUT2D eigenvalue weighted by atomic mass is 32.2. The highest BCUT2D eigenvalue weighted by Gasteiger charge is 2.26. The number of carbonyl (C=O) groups excluding carboxylic acids is 1. The van der Waals surface area contributed by atoms with Crippen molar-refractivity contribution in [2.75, 3.05) is 5.75 Å². The van der Waals surface area contributed by atoms with Gasteiger partial charge in [-0.05, 0) is 45.1 Å². The predicted molar refractivity (Wildman–Crippen MR) is 98.4 cm³/mol. The van der Waals surface area contributed by atoms with Gasteiger partial charge < -0.3 is 5.32 Å². The van der Waals surface area contributed by atoms with E-state index in [0.717, 1.165) is 12.2 Å². The molecule has 3 heteroatoms. The second-order valence-electron chi connectivity index (χ2n) is 8.16. The van der Waals surface area contributed by atoms with Crippen molar-refractivity contribution in [3.63, 3.8) is 0 Å². The van der Waals surface area contributed by atoms with Gasteiger partial charge in [0.25, 0.3) is 0 Å². The van der Waals surface area contributed by atoms with Gasteiger partial charge in [0.15, 0.2) is 0 Å². The summed E-state index contributed by atoms with van der Waals surface area (Å²) in [6, 6.07) is 6.57. The highest BCUT2D eigenvalue weighted by molar-refractivity contribution is 7.99. The van der Waals surface area contributed by atoms with Crippen molar-refractivity contribution in [3.05, 3.63) is 34.9 Å². The Kier molecular flexibility index (Phi) is 6.54. The maximum atomic E-state index is 12.1. The summed E-state index contributed by atoms with van der Waals surface area (Å²) in [4.78, 5) is 12.1. The number of nitrogens with one attached hydrogen (secondary N) is 1. The largest absolute Gasteiger partial charge is 0.350 e. The third-order valence-corrected chi connectivity index (χ3v) is 4.24. The lowest BCUT2D eigenvalue weighted by molar-refractivity contribution is -0.120. The van der Waals surface area contributed by atoms with E-state index in [2.05, 4.69) is 72.0 Å². The molecule has 1 N–H and O–H groups in total. The lowest BCUT2D eigenvalue weighted by Crippen LogP contribution is -2.46. The van der Waals surface area contributed by atoms with Crippen LogP contribution in [0.5, 0.6) is 0 Å². The molecule has 0 spiro atoms. The minimum absolute atomic E-state index is 0.128.